The molecule has 0 spiro atoms. The van der Waals surface area contributed by atoms with Crippen LogP contribution in [0.1, 0.15) is 0 Å². The molecule has 2 heterocycles. The lowest BCUT2D eigenvalue weighted by atomic mass is 10.2. The molecule has 0 bridgehead atoms. The molecule has 2 aromatic heterocycles. The molecular formula is C12H6ClFN2OS. The van der Waals surface area contributed by atoms with Crippen LogP contribution in [0.25, 0.3) is 20.7 Å². The molecule has 0 aliphatic heterocycles. The van der Waals surface area contributed by atoms with Gasteiger partial charge >= 0.3 is 0 Å². The molecule has 6 heteroatoms. The predicted octanol–water partition coefficient (Wildman–Crippen LogP) is 3.44. The zero-order chi connectivity index (χ0) is 12.7. The van der Waals surface area contributed by atoms with Crippen molar-refractivity contribution in [3.63, 3.8) is 0 Å². The fraction of sp³-hybridized carbons (Fsp3) is 0. The van der Waals surface area contributed by atoms with E-state index in [9.17, 15) is 9.18 Å². The van der Waals surface area contributed by atoms with E-state index in [-0.39, 0.29) is 10.6 Å². The molecule has 1 N–H and O–H groups in total. The van der Waals surface area contributed by atoms with Crippen LogP contribution in [-0.4, -0.2) is 9.97 Å². The number of rotatable bonds is 1. The minimum atomic E-state index is -0.461. The SMILES string of the molecule is O=c1[nH]cnc2cc(-c3ccc(F)c(Cl)c3)sc12. The summed E-state index contributed by atoms with van der Waals surface area (Å²) in [5, 5.41) is 0.0619. The van der Waals surface area contributed by atoms with Crippen LogP contribution in [-0.2, 0) is 0 Å². The van der Waals surface area contributed by atoms with E-state index >= 15 is 0 Å². The molecule has 0 radical (unpaired) electrons. The van der Waals surface area contributed by atoms with Gasteiger partial charge in [0.1, 0.15) is 10.5 Å². The number of hydrogen-bond donors (Lipinski definition) is 1. The van der Waals surface area contributed by atoms with E-state index in [1.165, 1.54) is 29.8 Å². The topological polar surface area (TPSA) is 45.8 Å². The Morgan fingerprint density at radius 2 is 2.17 bits per heavy atom. The number of aromatic nitrogens is 2. The molecule has 0 atom stereocenters. The summed E-state index contributed by atoms with van der Waals surface area (Å²) in [6.45, 7) is 0. The molecular weight excluding hydrogens is 275 g/mol. The summed E-state index contributed by atoms with van der Waals surface area (Å²) >= 11 is 7.04. The van der Waals surface area contributed by atoms with Crippen LogP contribution in [0.4, 0.5) is 4.39 Å². The van der Waals surface area contributed by atoms with E-state index in [0.717, 1.165) is 10.4 Å². The van der Waals surface area contributed by atoms with Gasteiger partial charge in [0.2, 0.25) is 0 Å². The van der Waals surface area contributed by atoms with Gasteiger partial charge in [0, 0.05) is 4.88 Å². The minimum absolute atomic E-state index is 0.0619. The van der Waals surface area contributed by atoms with E-state index in [2.05, 4.69) is 9.97 Å². The number of benzene rings is 1. The Labute approximate surface area is 110 Å². The summed E-state index contributed by atoms with van der Waals surface area (Å²) in [6.07, 6.45) is 1.36. The molecule has 18 heavy (non-hydrogen) atoms. The Kier molecular flexibility index (Phi) is 2.65. The van der Waals surface area contributed by atoms with E-state index in [0.29, 0.717) is 10.2 Å². The Morgan fingerprint density at radius 1 is 1.33 bits per heavy atom. The van der Waals surface area contributed by atoms with Gasteiger partial charge in [0.15, 0.2) is 0 Å². The lowest BCUT2D eigenvalue weighted by molar-refractivity contribution is 0.628. The first-order valence-corrected chi connectivity index (χ1v) is 6.27. The van der Waals surface area contributed by atoms with Crippen LogP contribution in [0.5, 0.6) is 0 Å². The minimum Gasteiger partial charge on any atom is -0.312 e. The summed E-state index contributed by atoms with van der Waals surface area (Å²) in [5.74, 6) is -0.461. The van der Waals surface area contributed by atoms with Crippen molar-refractivity contribution in [1.82, 2.24) is 9.97 Å². The molecule has 0 unspecified atom stereocenters. The van der Waals surface area contributed by atoms with E-state index in [1.54, 1.807) is 12.1 Å². The van der Waals surface area contributed by atoms with Crippen molar-refractivity contribution in [3.05, 3.63) is 51.8 Å². The highest BCUT2D eigenvalue weighted by molar-refractivity contribution is 7.22. The van der Waals surface area contributed by atoms with Gasteiger partial charge in [0.05, 0.1) is 16.9 Å². The first-order chi connectivity index (χ1) is 8.65. The predicted molar refractivity (Wildman–Crippen MR) is 70.6 cm³/mol. The standard InChI is InChI=1S/C12H6ClFN2OS/c13-7-3-6(1-2-8(7)14)10-4-9-11(18-10)12(17)16-5-15-9/h1-5H,(H,15,16,17). The smallest absolute Gasteiger partial charge is 0.268 e. The fourth-order valence-corrected chi connectivity index (χ4v) is 2.84. The zero-order valence-corrected chi connectivity index (χ0v) is 10.5. The second-order valence-corrected chi connectivity index (χ2v) is 5.14. The van der Waals surface area contributed by atoms with E-state index < -0.39 is 5.82 Å². The highest BCUT2D eigenvalue weighted by Gasteiger charge is 2.09. The quantitative estimate of drug-likeness (QED) is 0.742. The molecule has 0 saturated carbocycles. The monoisotopic (exact) mass is 280 g/mol. The highest BCUT2D eigenvalue weighted by Crippen LogP contribution is 2.32. The average Bonchev–Trinajstić information content (AvgIpc) is 2.78. The Hall–Kier alpha value is -1.72. The summed E-state index contributed by atoms with van der Waals surface area (Å²) < 4.78 is 13.6. The number of nitrogens with zero attached hydrogens (tertiary/aromatic N) is 1. The number of halogens is 2. The van der Waals surface area contributed by atoms with Crippen LogP contribution in [0.15, 0.2) is 35.4 Å². The average molecular weight is 281 g/mol. The number of nitrogens with one attached hydrogen (secondary N) is 1. The van der Waals surface area contributed by atoms with Gasteiger partial charge in [-0.15, -0.1) is 11.3 Å². The molecule has 0 fully saturated rings. The second kappa shape index (κ2) is 4.19. The molecule has 1 aromatic carbocycles. The van der Waals surface area contributed by atoms with Crippen LogP contribution in [0.2, 0.25) is 5.02 Å². The summed E-state index contributed by atoms with van der Waals surface area (Å²) in [7, 11) is 0. The van der Waals surface area contributed by atoms with Crippen molar-refractivity contribution in [3.8, 4) is 10.4 Å². The van der Waals surface area contributed by atoms with Crippen molar-refractivity contribution >= 4 is 33.2 Å². The first kappa shape index (κ1) is 11.4. The van der Waals surface area contributed by atoms with Crippen LogP contribution < -0.4 is 5.56 Å². The van der Waals surface area contributed by atoms with Crippen molar-refractivity contribution in [2.75, 3.05) is 0 Å². The van der Waals surface area contributed by atoms with E-state index in [4.69, 9.17) is 11.6 Å². The van der Waals surface area contributed by atoms with Crippen molar-refractivity contribution < 1.29 is 4.39 Å². The van der Waals surface area contributed by atoms with Gasteiger partial charge in [0.25, 0.3) is 5.56 Å². The zero-order valence-electron chi connectivity index (χ0n) is 8.91. The largest absolute Gasteiger partial charge is 0.312 e. The fourth-order valence-electron chi connectivity index (χ4n) is 1.66. The van der Waals surface area contributed by atoms with Gasteiger partial charge in [-0.3, -0.25) is 4.79 Å². The Balaban J connectivity index is 2.22. The maximum absolute atomic E-state index is 13.1. The number of aromatic amines is 1. The van der Waals surface area contributed by atoms with Crippen LogP contribution in [0.3, 0.4) is 0 Å². The third kappa shape index (κ3) is 1.81. The molecule has 0 aliphatic carbocycles. The van der Waals surface area contributed by atoms with Crippen molar-refractivity contribution in [2.45, 2.75) is 0 Å². The van der Waals surface area contributed by atoms with Gasteiger partial charge in [-0.2, -0.15) is 0 Å². The molecule has 0 aliphatic rings. The number of hydrogen-bond acceptors (Lipinski definition) is 3. The number of fused-ring (bicyclic) bond motifs is 1. The normalized spacial score (nSPS) is 11.0. The Bertz CT molecular complexity index is 796. The maximum atomic E-state index is 13.1. The molecule has 3 aromatic rings. The third-order valence-corrected chi connectivity index (χ3v) is 3.98. The van der Waals surface area contributed by atoms with Gasteiger partial charge in [-0.1, -0.05) is 17.7 Å². The lowest BCUT2D eigenvalue weighted by Crippen LogP contribution is -2.02. The number of H-pyrrole nitrogens is 1. The van der Waals surface area contributed by atoms with Crippen molar-refractivity contribution in [2.24, 2.45) is 0 Å². The maximum Gasteiger partial charge on any atom is 0.268 e. The summed E-state index contributed by atoms with van der Waals surface area (Å²) in [4.78, 5) is 19.0. The van der Waals surface area contributed by atoms with E-state index in [1.807, 2.05) is 0 Å². The first-order valence-electron chi connectivity index (χ1n) is 5.08. The second-order valence-electron chi connectivity index (χ2n) is 3.69. The molecule has 90 valence electrons. The van der Waals surface area contributed by atoms with Gasteiger partial charge in [-0.25, -0.2) is 9.37 Å². The van der Waals surface area contributed by atoms with Gasteiger partial charge < -0.3 is 4.98 Å². The number of thiophene rings is 1. The third-order valence-electron chi connectivity index (χ3n) is 2.52. The molecule has 0 amide bonds. The molecule has 0 saturated heterocycles. The molecule has 3 nitrogen and oxygen atoms in total. The van der Waals surface area contributed by atoms with Crippen LogP contribution >= 0.6 is 22.9 Å². The summed E-state index contributed by atoms with van der Waals surface area (Å²) in [5.41, 5.74) is 1.22. The van der Waals surface area contributed by atoms with Crippen molar-refractivity contribution in [1.29, 1.82) is 0 Å². The molecule has 3 rings (SSSR count). The lowest BCUT2D eigenvalue weighted by Gasteiger charge is -1.98. The highest BCUT2D eigenvalue weighted by atomic mass is 35.5. The van der Waals surface area contributed by atoms with Crippen LogP contribution in [0, 0.1) is 5.82 Å². The Morgan fingerprint density at radius 3 is 2.89 bits per heavy atom. The summed E-state index contributed by atoms with van der Waals surface area (Å²) in [6, 6.07) is 6.26. The van der Waals surface area contributed by atoms with Gasteiger partial charge in [-0.05, 0) is 23.8 Å².